The highest BCUT2D eigenvalue weighted by Gasteiger charge is 2.22. The highest BCUT2D eigenvalue weighted by atomic mass is 32.2. The Hall–Kier alpha value is -1.27. The van der Waals surface area contributed by atoms with E-state index in [-0.39, 0.29) is 23.4 Å². The summed E-state index contributed by atoms with van der Waals surface area (Å²) >= 11 is 1.54. The van der Waals surface area contributed by atoms with Crippen molar-refractivity contribution < 1.29 is 9.53 Å². The highest BCUT2D eigenvalue weighted by molar-refractivity contribution is 7.99. The Kier molecular flexibility index (Phi) is 6.08. The molecule has 0 spiro atoms. The van der Waals surface area contributed by atoms with Crippen molar-refractivity contribution in [1.29, 1.82) is 0 Å². The van der Waals surface area contributed by atoms with Crippen LogP contribution in [-0.2, 0) is 16.1 Å². The number of nitrogens with one attached hydrogen (secondary N) is 1. The van der Waals surface area contributed by atoms with Crippen LogP contribution in [0.3, 0.4) is 0 Å². The molecular formula is C16H25N3O2S. The Morgan fingerprint density at radius 3 is 2.68 bits per heavy atom. The number of thioether (sulfide) groups is 1. The van der Waals surface area contributed by atoms with Gasteiger partial charge < -0.3 is 15.0 Å². The first-order valence-corrected chi connectivity index (χ1v) is 8.94. The van der Waals surface area contributed by atoms with Crippen LogP contribution in [0.25, 0.3) is 0 Å². The zero-order valence-corrected chi connectivity index (χ0v) is 14.5. The second-order valence-electron chi connectivity index (χ2n) is 5.78. The predicted octanol–water partition coefficient (Wildman–Crippen LogP) is 2.06. The number of hydrogen-bond acceptors (Lipinski definition) is 5. The maximum absolute atomic E-state index is 11.8. The van der Waals surface area contributed by atoms with Crippen molar-refractivity contribution in [3.8, 4) is 0 Å². The van der Waals surface area contributed by atoms with Crippen LogP contribution < -0.4 is 10.2 Å². The number of amides is 1. The number of pyridine rings is 1. The first-order chi connectivity index (χ1) is 10.5. The molecule has 0 saturated carbocycles. The minimum atomic E-state index is -0.0245. The van der Waals surface area contributed by atoms with E-state index >= 15 is 0 Å². The van der Waals surface area contributed by atoms with Gasteiger partial charge in [-0.25, -0.2) is 4.98 Å². The number of nitrogens with zero attached hydrogens (tertiary/aromatic N) is 2. The molecule has 2 rings (SSSR count). The molecule has 0 radical (unpaired) electrons. The van der Waals surface area contributed by atoms with Crippen LogP contribution in [-0.4, -0.2) is 47.7 Å². The van der Waals surface area contributed by atoms with Crippen LogP contribution in [0, 0.1) is 0 Å². The van der Waals surface area contributed by atoms with E-state index in [2.05, 4.69) is 29.0 Å². The lowest BCUT2D eigenvalue weighted by Crippen LogP contribution is -2.45. The van der Waals surface area contributed by atoms with Gasteiger partial charge in [0.25, 0.3) is 0 Å². The van der Waals surface area contributed by atoms with Gasteiger partial charge in [-0.1, -0.05) is 6.07 Å². The molecular weight excluding hydrogens is 298 g/mol. The van der Waals surface area contributed by atoms with Crippen molar-refractivity contribution >= 4 is 23.5 Å². The van der Waals surface area contributed by atoms with Gasteiger partial charge in [-0.3, -0.25) is 4.79 Å². The first-order valence-electron chi connectivity index (χ1n) is 7.65. The van der Waals surface area contributed by atoms with E-state index in [9.17, 15) is 4.79 Å². The molecule has 0 unspecified atom stereocenters. The zero-order chi connectivity index (χ0) is 16.1. The topological polar surface area (TPSA) is 54.5 Å². The van der Waals surface area contributed by atoms with E-state index in [0.717, 1.165) is 24.5 Å². The second-order valence-corrected chi connectivity index (χ2v) is 6.96. The molecule has 2 heterocycles. The number of rotatable bonds is 5. The van der Waals surface area contributed by atoms with E-state index in [1.807, 2.05) is 31.5 Å². The quantitative estimate of drug-likeness (QED) is 0.899. The van der Waals surface area contributed by atoms with Crippen molar-refractivity contribution in [2.45, 2.75) is 44.8 Å². The molecule has 1 N–H and O–H groups in total. The van der Waals surface area contributed by atoms with Gasteiger partial charge in [0, 0.05) is 25.8 Å². The molecule has 122 valence electrons. The summed E-state index contributed by atoms with van der Waals surface area (Å²) in [4.78, 5) is 18.5. The summed E-state index contributed by atoms with van der Waals surface area (Å²) in [5, 5.41) is 2.90. The van der Waals surface area contributed by atoms with Gasteiger partial charge in [-0.2, -0.15) is 11.8 Å². The summed E-state index contributed by atoms with van der Waals surface area (Å²) in [7, 11) is 0. The fourth-order valence-corrected chi connectivity index (χ4v) is 2.81. The van der Waals surface area contributed by atoms with Crippen LogP contribution in [0.15, 0.2) is 18.3 Å². The molecule has 6 heteroatoms. The molecule has 5 nitrogen and oxygen atoms in total. The van der Waals surface area contributed by atoms with Crippen LogP contribution in [0.2, 0.25) is 0 Å². The number of carbonyl (C=O) groups excluding carboxylic acids is 1. The lowest BCUT2D eigenvalue weighted by atomic mass is 10.2. The maximum atomic E-state index is 11.8. The van der Waals surface area contributed by atoms with E-state index in [1.54, 1.807) is 11.8 Å². The lowest BCUT2D eigenvalue weighted by molar-refractivity contribution is -0.120. The third-order valence-corrected chi connectivity index (χ3v) is 4.66. The van der Waals surface area contributed by atoms with E-state index in [4.69, 9.17) is 4.74 Å². The Balaban J connectivity index is 1.91. The number of carbonyl (C=O) groups is 1. The van der Waals surface area contributed by atoms with Gasteiger partial charge in [-0.05, 0) is 38.7 Å². The molecule has 3 atom stereocenters. The summed E-state index contributed by atoms with van der Waals surface area (Å²) < 4.78 is 5.74. The number of hydrogen-bond donors (Lipinski definition) is 1. The molecule has 1 fully saturated rings. The number of ether oxygens (including phenoxy) is 1. The molecule has 1 aromatic rings. The fraction of sp³-hybridized carbons (Fsp3) is 0.625. The van der Waals surface area contributed by atoms with Crippen molar-refractivity contribution in [2.24, 2.45) is 0 Å². The van der Waals surface area contributed by atoms with E-state index < -0.39 is 0 Å². The molecule has 1 amide bonds. The summed E-state index contributed by atoms with van der Waals surface area (Å²) in [5.41, 5.74) is 1.01. The smallest absolute Gasteiger partial charge is 0.233 e. The average Bonchev–Trinajstić information content (AvgIpc) is 2.51. The van der Waals surface area contributed by atoms with Crippen LogP contribution in [0.4, 0.5) is 5.82 Å². The molecule has 22 heavy (non-hydrogen) atoms. The molecule has 0 aromatic carbocycles. The molecule has 1 saturated heterocycles. The van der Waals surface area contributed by atoms with Gasteiger partial charge in [0.15, 0.2) is 0 Å². The van der Waals surface area contributed by atoms with Crippen LogP contribution in [0.1, 0.15) is 26.3 Å². The van der Waals surface area contributed by atoms with Gasteiger partial charge in [-0.15, -0.1) is 0 Å². The zero-order valence-electron chi connectivity index (χ0n) is 13.7. The number of anilines is 1. The maximum Gasteiger partial charge on any atom is 0.233 e. The van der Waals surface area contributed by atoms with Gasteiger partial charge in [0.1, 0.15) is 5.82 Å². The monoisotopic (exact) mass is 323 g/mol. The SMILES string of the molecule is CS[C@H](C)C(=O)NCc1ccc(N2C[C@@H](C)O[C@@H](C)C2)nc1. The third kappa shape index (κ3) is 4.61. The summed E-state index contributed by atoms with van der Waals surface area (Å²) in [6.07, 6.45) is 4.21. The van der Waals surface area contributed by atoms with Crippen molar-refractivity contribution in [3.63, 3.8) is 0 Å². The largest absolute Gasteiger partial charge is 0.372 e. The first kappa shape index (κ1) is 17.1. The minimum absolute atomic E-state index is 0.0245. The minimum Gasteiger partial charge on any atom is -0.372 e. The summed E-state index contributed by atoms with van der Waals surface area (Å²) in [5.74, 6) is 1.03. The second kappa shape index (κ2) is 7.83. The Morgan fingerprint density at radius 1 is 1.45 bits per heavy atom. The van der Waals surface area contributed by atoms with E-state index in [1.165, 1.54) is 0 Å². The normalized spacial score (nSPS) is 23.2. The average molecular weight is 323 g/mol. The van der Waals surface area contributed by atoms with Crippen LogP contribution >= 0.6 is 11.8 Å². The highest BCUT2D eigenvalue weighted by Crippen LogP contribution is 2.18. The van der Waals surface area contributed by atoms with Gasteiger partial charge in [0.05, 0.1) is 17.5 Å². The Bertz CT molecular complexity index is 485. The summed E-state index contributed by atoms with van der Waals surface area (Å²) in [6, 6.07) is 4.04. The Labute approximate surface area is 136 Å². The molecule has 1 aromatic heterocycles. The molecule has 1 aliphatic rings. The van der Waals surface area contributed by atoms with Gasteiger partial charge in [0.2, 0.25) is 5.91 Å². The third-order valence-electron chi connectivity index (χ3n) is 3.74. The molecule has 1 aliphatic heterocycles. The van der Waals surface area contributed by atoms with Crippen molar-refractivity contribution in [2.75, 3.05) is 24.2 Å². The summed E-state index contributed by atoms with van der Waals surface area (Å²) in [6.45, 7) is 8.31. The van der Waals surface area contributed by atoms with E-state index in [0.29, 0.717) is 6.54 Å². The van der Waals surface area contributed by atoms with Gasteiger partial charge >= 0.3 is 0 Å². The predicted molar refractivity (Wildman–Crippen MR) is 91.3 cm³/mol. The van der Waals surface area contributed by atoms with Crippen LogP contribution in [0.5, 0.6) is 0 Å². The fourth-order valence-electron chi connectivity index (χ4n) is 2.51. The number of morpholine rings is 1. The Morgan fingerprint density at radius 2 is 2.14 bits per heavy atom. The number of aromatic nitrogens is 1. The molecule has 0 bridgehead atoms. The standard InChI is InChI=1S/C16H25N3O2S/c1-11-9-19(10-12(2)21-11)15-6-5-14(7-17-15)8-18-16(20)13(3)22-4/h5-7,11-13H,8-10H2,1-4H3,(H,18,20)/t11-,12+,13-/m1/s1. The van der Waals surface area contributed by atoms with Crippen molar-refractivity contribution in [3.05, 3.63) is 23.9 Å². The molecule has 0 aliphatic carbocycles. The lowest BCUT2D eigenvalue weighted by Gasteiger charge is -2.36. The van der Waals surface area contributed by atoms with Crippen molar-refractivity contribution in [1.82, 2.24) is 10.3 Å².